The largest absolute Gasteiger partial charge is 0.398 e. The Morgan fingerprint density at radius 2 is 1.19 bits per heavy atom. The van der Waals surface area contributed by atoms with Gasteiger partial charge in [-0.3, -0.25) is 0 Å². The molecular weight excluding hydrogens is 332 g/mol. The number of hydrogen-bond donors (Lipinski definition) is 0. The van der Waals surface area contributed by atoms with E-state index in [0.29, 0.717) is 24.9 Å². The summed E-state index contributed by atoms with van der Waals surface area (Å²) >= 11 is 0. The van der Waals surface area contributed by atoms with Gasteiger partial charge in [-0.25, -0.2) is 16.8 Å². The Morgan fingerprint density at radius 3 is 1.43 bits per heavy atom. The summed E-state index contributed by atoms with van der Waals surface area (Å²) in [5.74, 6) is -0.0220. The van der Waals surface area contributed by atoms with Gasteiger partial charge in [-0.2, -0.15) is 0 Å². The molecule has 0 N–H and O–H groups in total. The lowest BCUT2D eigenvalue weighted by Crippen LogP contribution is -2.40. The third kappa shape index (κ3) is 7.91. The molecule has 0 aliphatic rings. The highest BCUT2D eigenvalue weighted by Gasteiger charge is 2.35. The van der Waals surface area contributed by atoms with Crippen molar-refractivity contribution in [2.24, 2.45) is 0 Å². The Bertz CT molecular complexity index is 488. The number of rotatable bonds is 12. The topological polar surface area (TPSA) is 86.7 Å². The molecule has 0 saturated heterocycles. The van der Waals surface area contributed by atoms with Gasteiger partial charge in [0, 0.05) is 25.0 Å². The molecule has 0 aliphatic carbocycles. The zero-order valence-corrected chi connectivity index (χ0v) is 15.2. The molecule has 6 nitrogen and oxygen atoms in total. The van der Waals surface area contributed by atoms with Crippen LogP contribution in [0.2, 0.25) is 12.1 Å². The predicted octanol–water partition coefficient (Wildman–Crippen LogP) is 1.62. The Hall–Kier alpha value is -0.483. The van der Waals surface area contributed by atoms with E-state index in [2.05, 4.69) is 13.2 Å². The molecule has 0 aromatic heterocycles. The molecule has 0 atom stereocenters. The average molecular weight is 357 g/mol. The molecule has 0 aliphatic heterocycles. The van der Waals surface area contributed by atoms with Crippen LogP contribution in [0.4, 0.5) is 0 Å². The first kappa shape index (κ1) is 20.5. The zero-order chi connectivity index (χ0) is 16.6. The standard InChI is InChI=1S/C12H24O6S2Si/c1-5-19(13,14)9-7-11-21(17-3,18-4)12-8-10-20(15,16)6-2/h5-6H,1-2,7-12H2,3-4H3. The van der Waals surface area contributed by atoms with Crippen LogP contribution in [0, 0.1) is 0 Å². The molecule has 9 heteroatoms. The van der Waals surface area contributed by atoms with Gasteiger partial charge in [0.25, 0.3) is 0 Å². The van der Waals surface area contributed by atoms with Gasteiger partial charge in [-0.05, 0) is 24.9 Å². The van der Waals surface area contributed by atoms with Gasteiger partial charge in [0.05, 0.1) is 11.5 Å². The molecule has 21 heavy (non-hydrogen) atoms. The normalized spacial score (nSPS) is 13.0. The van der Waals surface area contributed by atoms with Crippen molar-refractivity contribution >= 4 is 28.2 Å². The first-order chi connectivity index (χ1) is 9.66. The Labute approximate surface area is 128 Å². The highest BCUT2D eigenvalue weighted by Crippen LogP contribution is 2.22. The van der Waals surface area contributed by atoms with Gasteiger partial charge < -0.3 is 8.85 Å². The van der Waals surface area contributed by atoms with Gasteiger partial charge in [0.1, 0.15) is 0 Å². The maximum atomic E-state index is 11.4. The van der Waals surface area contributed by atoms with E-state index in [9.17, 15) is 16.8 Å². The van der Waals surface area contributed by atoms with Crippen LogP contribution in [-0.4, -0.2) is 51.1 Å². The molecule has 0 spiro atoms. The Kier molecular flexibility index (Phi) is 8.63. The van der Waals surface area contributed by atoms with E-state index >= 15 is 0 Å². The highest BCUT2D eigenvalue weighted by atomic mass is 32.2. The molecule has 0 saturated carbocycles. The monoisotopic (exact) mass is 356 g/mol. The minimum atomic E-state index is -3.24. The second-order valence-electron chi connectivity index (χ2n) is 4.59. The average Bonchev–Trinajstić information content (AvgIpc) is 2.45. The van der Waals surface area contributed by atoms with Gasteiger partial charge in [0.2, 0.25) is 0 Å². The van der Waals surface area contributed by atoms with E-state index in [1.54, 1.807) is 0 Å². The fourth-order valence-electron chi connectivity index (χ4n) is 1.87. The highest BCUT2D eigenvalue weighted by molar-refractivity contribution is 7.94. The Morgan fingerprint density at radius 1 is 0.857 bits per heavy atom. The van der Waals surface area contributed by atoms with Crippen LogP contribution in [0.25, 0.3) is 0 Å². The lowest BCUT2D eigenvalue weighted by molar-refractivity contribution is 0.240. The van der Waals surface area contributed by atoms with E-state index in [4.69, 9.17) is 8.85 Å². The van der Waals surface area contributed by atoms with Gasteiger partial charge in [0.15, 0.2) is 19.7 Å². The second kappa shape index (κ2) is 8.84. The van der Waals surface area contributed by atoms with Crippen LogP contribution in [0.15, 0.2) is 24.0 Å². The molecule has 0 radical (unpaired) electrons. The number of sulfone groups is 2. The third-order valence-electron chi connectivity index (χ3n) is 3.22. The summed E-state index contributed by atoms with van der Waals surface area (Å²) in [6.45, 7) is 6.52. The molecule has 124 valence electrons. The summed E-state index contributed by atoms with van der Waals surface area (Å²) in [6.07, 6.45) is 0.799. The maximum absolute atomic E-state index is 11.4. The predicted molar refractivity (Wildman–Crippen MR) is 86.6 cm³/mol. The van der Waals surface area contributed by atoms with Crippen LogP contribution < -0.4 is 0 Å². The quantitative estimate of drug-likeness (QED) is 0.494. The molecule has 0 amide bonds. The van der Waals surface area contributed by atoms with Crippen LogP contribution in [0.5, 0.6) is 0 Å². The van der Waals surface area contributed by atoms with Crippen molar-refractivity contribution in [2.75, 3.05) is 25.7 Å². The van der Waals surface area contributed by atoms with Crippen LogP contribution in [0.1, 0.15) is 12.8 Å². The van der Waals surface area contributed by atoms with Gasteiger partial charge >= 0.3 is 8.56 Å². The minimum absolute atomic E-state index is 0.0110. The summed E-state index contributed by atoms with van der Waals surface area (Å²) < 4.78 is 56.4. The molecule has 0 unspecified atom stereocenters. The molecule has 0 rings (SSSR count). The first-order valence-corrected chi connectivity index (χ1v) is 12.1. The minimum Gasteiger partial charge on any atom is -0.398 e. The van der Waals surface area contributed by atoms with Crippen molar-refractivity contribution in [2.45, 2.75) is 24.9 Å². The fraction of sp³-hybridized carbons (Fsp3) is 0.667. The third-order valence-corrected chi connectivity index (χ3v) is 9.67. The Balaban J connectivity index is 4.56. The van der Waals surface area contributed by atoms with Crippen LogP contribution in [-0.2, 0) is 28.5 Å². The van der Waals surface area contributed by atoms with Crippen molar-refractivity contribution in [3.05, 3.63) is 24.0 Å². The van der Waals surface area contributed by atoms with Crippen LogP contribution >= 0.6 is 0 Å². The van der Waals surface area contributed by atoms with E-state index in [0.717, 1.165) is 10.8 Å². The lowest BCUT2D eigenvalue weighted by Gasteiger charge is -2.27. The molecule has 0 aromatic rings. The van der Waals surface area contributed by atoms with Crippen molar-refractivity contribution in [3.8, 4) is 0 Å². The maximum Gasteiger partial charge on any atom is 0.337 e. The molecule has 0 fully saturated rings. The summed E-state index contributed by atoms with van der Waals surface area (Å²) in [5, 5.41) is 1.87. The number of hydrogen-bond acceptors (Lipinski definition) is 6. The van der Waals surface area contributed by atoms with Gasteiger partial charge in [-0.1, -0.05) is 13.2 Å². The molecule has 0 heterocycles. The van der Waals surface area contributed by atoms with E-state index in [-0.39, 0.29) is 11.5 Å². The summed E-state index contributed by atoms with van der Waals surface area (Å²) in [5.41, 5.74) is 0. The van der Waals surface area contributed by atoms with Crippen molar-refractivity contribution < 1.29 is 25.7 Å². The SMILES string of the molecule is C=CS(=O)(=O)CCC[Si](CCCS(=O)(=O)C=C)(OC)OC. The van der Waals surface area contributed by atoms with Crippen molar-refractivity contribution in [1.29, 1.82) is 0 Å². The molecule has 0 aromatic carbocycles. The molecular formula is C12H24O6S2Si. The van der Waals surface area contributed by atoms with Crippen molar-refractivity contribution in [3.63, 3.8) is 0 Å². The summed E-state index contributed by atoms with van der Waals surface area (Å²) in [7, 11) is -6.02. The van der Waals surface area contributed by atoms with Crippen molar-refractivity contribution in [1.82, 2.24) is 0 Å². The summed E-state index contributed by atoms with van der Waals surface area (Å²) in [4.78, 5) is 0. The first-order valence-electron chi connectivity index (χ1n) is 6.46. The van der Waals surface area contributed by atoms with Crippen LogP contribution in [0.3, 0.4) is 0 Å². The zero-order valence-electron chi connectivity index (χ0n) is 12.6. The lowest BCUT2D eigenvalue weighted by atomic mass is 10.6. The van der Waals surface area contributed by atoms with E-state index in [1.165, 1.54) is 14.2 Å². The second-order valence-corrected chi connectivity index (χ2v) is 12.4. The smallest absolute Gasteiger partial charge is 0.337 e. The summed E-state index contributed by atoms with van der Waals surface area (Å²) in [6, 6.07) is 0.975. The fourth-order valence-corrected chi connectivity index (χ4v) is 6.47. The van der Waals surface area contributed by atoms with E-state index in [1.807, 2.05) is 0 Å². The molecule has 0 bridgehead atoms. The van der Waals surface area contributed by atoms with Gasteiger partial charge in [-0.15, -0.1) is 0 Å². The van der Waals surface area contributed by atoms with E-state index < -0.39 is 28.2 Å².